The Morgan fingerprint density at radius 1 is 1.44 bits per heavy atom. The van der Waals surface area contributed by atoms with E-state index in [0.717, 1.165) is 31.0 Å². The Balaban J connectivity index is 1.76. The van der Waals surface area contributed by atoms with Gasteiger partial charge in [-0.05, 0) is 38.4 Å². The van der Waals surface area contributed by atoms with Gasteiger partial charge in [0.2, 0.25) is 11.7 Å². The maximum Gasteiger partial charge on any atom is 0.227 e. The van der Waals surface area contributed by atoms with Crippen LogP contribution < -0.4 is 5.32 Å². The molecule has 3 rings (SSSR count). The van der Waals surface area contributed by atoms with E-state index in [1.54, 1.807) is 0 Å². The quantitative estimate of drug-likeness (QED) is 0.897. The van der Waals surface area contributed by atoms with Gasteiger partial charge in [0.1, 0.15) is 0 Å². The smallest absolute Gasteiger partial charge is 0.227 e. The number of aryl methyl sites for hydroxylation is 1. The molecule has 1 atom stereocenters. The summed E-state index contributed by atoms with van der Waals surface area (Å²) in [6, 6.07) is 8.17. The molecule has 4 nitrogen and oxygen atoms in total. The van der Waals surface area contributed by atoms with Gasteiger partial charge in [-0.25, -0.2) is 0 Å². The summed E-state index contributed by atoms with van der Waals surface area (Å²) < 4.78 is 5.33. The minimum absolute atomic E-state index is 0.635. The average Bonchev–Trinajstić information content (AvgIpc) is 3.01. The molecular formula is C14H17N3O. The minimum atomic E-state index is 0.635. The molecule has 1 fully saturated rings. The highest BCUT2D eigenvalue weighted by Gasteiger charge is 2.18. The van der Waals surface area contributed by atoms with Gasteiger partial charge < -0.3 is 9.84 Å². The van der Waals surface area contributed by atoms with E-state index in [4.69, 9.17) is 4.52 Å². The van der Waals surface area contributed by atoms with Crippen molar-refractivity contribution in [3.05, 3.63) is 35.7 Å². The van der Waals surface area contributed by atoms with Crippen LogP contribution in [0.25, 0.3) is 11.4 Å². The second-order valence-electron chi connectivity index (χ2n) is 4.94. The predicted molar refractivity (Wildman–Crippen MR) is 69.2 cm³/mol. The number of nitrogens with zero attached hydrogens (tertiary/aromatic N) is 2. The summed E-state index contributed by atoms with van der Waals surface area (Å²) in [5.41, 5.74) is 2.23. The lowest BCUT2D eigenvalue weighted by atomic mass is 10.1. The second kappa shape index (κ2) is 4.90. The van der Waals surface area contributed by atoms with Gasteiger partial charge in [-0.1, -0.05) is 28.9 Å². The van der Waals surface area contributed by atoms with E-state index in [1.165, 1.54) is 12.0 Å². The number of benzene rings is 1. The predicted octanol–water partition coefficient (Wildman–Crippen LogP) is 2.20. The largest absolute Gasteiger partial charge is 0.339 e. The highest BCUT2D eigenvalue weighted by atomic mass is 16.5. The van der Waals surface area contributed by atoms with Gasteiger partial charge >= 0.3 is 0 Å². The van der Waals surface area contributed by atoms with Crippen LogP contribution in [0.5, 0.6) is 0 Å². The molecule has 0 amide bonds. The molecule has 0 aliphatic carbocycles. The van der Waals surface area contributed by atoms with Crippen molar-refractivity contribution in [1.29, 1.82) is 0 Å². The number of hydrogen-bond acceptors (Lipinski definition) is 4. The molecule has 1 N–H and O–H groups in total. The lowest BCUT2D eigenvalue weighted by Crippen LogP contribution is -2.10. The van der Waals surface area contributed by atoms with Crippen LogP contribution in [-0.4, -0.2) is 23.2 Å². The number of aromatic nitrogens is 2. The van der Waals surface area contributed by atoms with Gasteiger partial charge in [0.25, 0.3) is 0 Å². The maximum atomic E-state index is 5.33. The number of nitrogens with one attached hydrogen (secondary N) is 1. The minimum Gasteiger partial charge on any atom is -0.339 e. The standard InChI is InChI=1S/C14H17N3O/c1-10-3-2-4-12(7-10)14-16-13(18-17-14)8-11-5-6-15-9-11/h2-4,7,11,15H,5-6,8-9H2,1H3. The van der Waals surface area contributed by atoms with Gasteiger partial charge in [0.15, 0.2) is 0 Å². The average molecular weight is 243 g/mol. The van der Waals surface area contributed by atoms with Gasteiger partial charge in [-0.2, -0.15) is 4.98 Å². The first-order chi connectivity index (χ1) is 8.81. The molecule has 94 valence electrons. The van der Waals surface area contributed by atoms with E-state index in [9.17, 15) is 0 Å². The van der Waals surface area contributed by atoms with Crippen molar-refractivity contribution in [3.8, 4) is 11.4 Å². The van der Waals surface area contributed by atoms with Gasteiger partial charge in [-0.15, -0.1) is 0 Å². The molecule has 4 heteroatoms. The van der Waals surface area contributed by atoms with E-state index in [1.807, 2.05) is 12.1 Å². The van der Waals surface area contributed by atoms with Crippen LogP contribution in [0.3, 0.4) is 0 Å². The summed E-state index contributed by atoms with van der Waals surface area (Å²) >= 11 is 0. The molecule has 0 bridgehead atoms. The highest BCUT2D eigenvalue weighted by molar-refractivity contribution is 5.55. The summed E-state index contributed by atoms with van der Waals surface area (Å²) in [5, 5.41) is 7.41. The molecule has 1 unspecified atom stereocenters. The highest BCUT2D eigenvalue weighted by Crippen LogP contribution is 2.19. The van der Waals surface area contributed by atoms with Crippen LogP contribution in [0.15, 0.2) is 28.8 Å². The van der Waals surface area contributed by atoms with Gasteiger partial charge in [0.05, 0.1) is 0 Å². The van der Waals surface area contributed by atoms with Crippen LogP contribution in [0.4, 0.5) is 0 Å². The summed E-state index contributed by atoms with van der Waals surface area (Å²) in [7, 11) is 0. The summed E-state index contributed by atoms with van der Waals surface area (Å²) in [6.45, 7) is 4.22. The fourth-order valence-corrected chi connectivity index (χ4v) is 2.37. The molecule has 0 saturated carbocycles. The maximum absolute atomic E-state index is 5.33. The van der Waals surface area contributed by atoms with E-state index in [2.05, 4.69) is 34.5 Å². The van der Waals surface area contributed by atoms with E-state index < -0.39 is 0 Å². The molecular weight excluding hydrogens is 226 g/mol. The summed E-state index contributed by atoms with van der Waals surface area (Å²) in [4.78, 5) is 4.48. The first-order valence-electron chi connectivity index (χ1n) is 6.41. The Bertz CT molecular complexity index is 529. The van der Waals surface area contributed by atoms with Crippen molar-refractivity contribution in [2.24, 2.45) is 5.92 Å². The third-order valence-electron chi connectivity index (χ3n) is 3.37. The van der Waals surface area contributed by atoms with Crippen molar-refractivity contribution >= 4 is 0 Å². The lowest BCUT2D eigenvalue weighted by molar-refractivity contribution is 0.358. The van der Waals surface area contributed by atoms with Gasteiger partial charge in [0, 0.05) is 12.0 Å². The van der Waals surface area contributed by atoms with Crippen molar-refractivity contribution < 1.29 is 4.52 Å². The zero-order valence-electron chi connectivity index (χ0n) is 10.5. The molecule has 0 spiro atoms. The molecule has 2 aromatic rings. The van der Waals surface area contributed by atoms with Crippen LogP contribution in [0.2, 0.25) is 0 Å². The van der Waals surface area contributed by atoms with Crippen LogP contribution in [0, 0.1) is 12.8 Å². The molecule has 1 aromatic heterocycles. The van der Waals surface area contributed by atoms with Crippen LogP contribution in [0.1, 0.15) is 17.9 Å². The topological polar surface area (TPSA) is 51.0 Å². The molecule has 1 aromatic carbocycles. The zero-order valence-corrected chi connectivity index (χ0v) is 10.5. The first kappa shape index (κ1) is 11.4. The molecule has 18 heavy (non-hydrogen) atoms. The molecule has 1 saturated heterocycles. The molecule has 1 aliphatic heterocycles. The van der Waals surface area contributed by atoms with Crippen molar-refractivity contribution in [2.75, 3.05) is 13.1 Å². The van der Waals surface area contributed by atoms with E-state index in [-0.39, 0.29) is 0 Å². The number of rotatable bonds is 3. The van der Waals surface area contributed by atoms with Crippen LogP contribution >= 0.6 is 0 Å². The third kappa shape index (κ3) is 2.43. The fraction of sp³-hybridized carbons (Fsp3) is 0.429. The SMILES string of the molecule is Cc1cccc(-c2noc(CC3CCNC3)n2)c1. The zero-order chi connectivity index (χ0) is 12.4. The monoisotopic (exact) mass is 243 g/mol. The van der Waals surface area contributed by atoms with Crippen molar-refractivity contribution in [2.45, 2.75) is 19.8 Å². The van der Waals surface area contributed by atoms with E-state index in [0.29, 0.717) is 11.7 Å². The Labute approximate surface area is 106 Å². The Morgan fingerprint density at radius 2 is 2.39 bits per heavy atom. The molecule has 2 heterocycles. The Kier molecular flexibility index (Phi) is 3.11. The first-order valence-corrected chi connectivity index (χ1v) is 6.41. The third-order valence-corrected chi connectivity index (χ3v) is 3.37. The molecule has 0 radical (unpaired) electrons. The second-order valence-corrected chi connectivity index (χ2v) is 4.94. The summed E-state index contributed by atoms with van der Waals surface area (Å²) in [5.74, 6) is 2.08. The molecule has 1 aliphatic rings. The Morgan fingerprint density at radius 3 is 3.17 bits per heavy atom. The lowest BCUT2D eigenvalue weighted by Gasteiger charge is -2.01. The summed E-state index contributed by atoms with van der Waals surface area (Å²) in [6.07, 6.45) is 2.08. The van der Waals surface area contributed by atoms with Crippen LogP contribution in [-0.2, 0) is 6.42 Å². The van der Waals surface area contributed by atoms with Gasteiger partial charge in [-0.3, -0.25) is 0 Å². The number of hydrogen-bond donors (Lipinski definition) is 1. The van der Waals surface area contributed by atoms with E-state index >= 15 is 0 Å². The van der Waals surface area contributed by atoms with Crippen molar-refractivity contribution in [1.82, 2.24) is 15.5 Å². The van der Waals surface area contributed by atoms with Crippen molar-refractivity contribution in [3.63, 3.8) is 0 Å². The fourth-order valence-electron chi connectivity index (χ4n) is 2.37. The Hall–Kier alpha value is -1.68. The normalized spacial score (nSPS) is 19.3.